The lowest BCUT2D eigenvalue weighted by molar-refractivity contribution is -0.147. The van der Waals surface area contributed by atoms with E-state index in [2.05, 4.69) is 5.32 Å². The van der Waals surface area contributed by atoms with E-state index in [1.807, 2.05) is 0 Å². The zero-order chi connectivity index (χ0) is 16.0. The van der Waals surface area contributed by atoms with Gasteiger partial charge in [-0.15, -0.1) is 0 Å². The van der Waals surface area contributed by atoms with E-state index in [1.54, 1.807) is 13.8 Å². The number of amides is 1. The Morgan fingerprint density at radius 1 is 1.29 bits per heavy atom. The predicted molar refractivity (Wildman–Crippen MR) is 73.7 cm³/mol. The smallest absolute Gasteiger partial charge is 0.309 e. The molecule has 1 aromatic carbocycles. The highest BCUT2D eigenvalue weighted by atomic mass is 19.2. The van der Waals surface area contributed by atoms with Crippen molar-refractivity contribution in [3.05, 3.63) is 35.4 Å². The van der Waals surface area contributed by atoms with Crippen molar-refractivity contribution in [3.63, 3.8) is 0 Å². The van der Waals surface area contributed by atoms with Gasteiger partial charge in [0.15, 0.2) is 11.6 Å². The Balaban J connectivity index is 2.38. The molecular weight excluding hydrogens is 280 g/mol. The van der Waals surface area contributed by atoms with Crippen molar-refractivity contribution in [2.24, 2.45) is 5.41 Å². The molecule has 0 heterocycles. The number of hydrogen-bond donors (Lipinski definition) is 2. The number of halogens is 2. The van der Waals surface area contributed by atoms with E-state index in [0.29, 0.717) is 6.42 Å². The van der Waals surface area contributed by atoms with Crippen LogP contribution in [0.4, 0.5) is 8.78 Å². The van der Waals surface area contributed by atoms with Crippen LogP contribution in [0.25, 0.3) is 0 Å². The van der Waals surface area contributed by atoms with Crippen LogP contribution in [0.1, 0.15) is 32.3 Å². The van der Waals surface area contributed by atoms with Crippen molar-refractivity contribution in [3.8, 4) is 0 Å². The first-order valence-corrected chi connectivity index (χ1v) is 6.67. The number of carboxylic acid groups (broad SMARTS) is 1. The zero-order valence-electron chi connectivity index (χ0n) is 12.1. The Hall–Kier alpha value is -1.98. The minimum atomic E-state index is -0.934. The van der Waals surface area contributed by atoms with Gasteiger partial charge < -0.3 is 10.4 Å². The summed E-state index contributed by atoms with van der Waals surface area (Å²) in [4.78, 5) is 22.5. The van der Waals surface area contributed by atoms with E-state index in [-0.39, 0.29) is 30.9 Å². The zero-order valence-corrected chi connectivity index (χ0v) is 12.1. The molecule has 1 amide bonds. The molecule has 6 heteroatoms. The first-order valence-electron chi connectivity index (χ1n) is 6.67. The molecule has 21 heavy (non-hydrogen) atoms. The maximum atomic E-state index is 13.4. The summed E-state index contributed by atoms with van der Waals surface area (Å²) in [5.74, 6) is -3.12. The Morgan fingerprint density at radius 2 is 1.95 bits per heavy atom. The van der Waals surface area contributed by atoms with E-state index in [1.165, 1.54) is 12.1 Å². The van der Waals surface area contributed by atoms with Gasteiger partial charge in [0.25, 0.3) is 0 Å². The molecule has 0 spiro atoms. The van der Waals surface area contributed by atoms with Crippen LogP contribution in [0.15, 0.2) is 18.2 Å². The van der Waals surface area contributed by atoms with Crippen molar-refractivity contribution in [2.75, 3.05) is 6.54 Å². The Labute approximate surface area is 122 Å². The van der Waals surface area contributed by atoms with Crippen LogP contribution in [0.2, 0.25) is 0 Å². The first kappa shape index (κ1) is 17.1. The average molecular weight is 299 g/mol. The first-order chi connectivity index (χ1) is 9.74. The van der Waals surface area contributed by atoms with E-state index < -0.39 is 23.0 Å². The largest absolute Gasteiger partial charge is 0.481 e. The van der Waals surface area contributed by atoms with Crippen molar-refractivity contribution >= 4 is 11.9 Å². The summed E-state index contributed by atoms with van der Waals surface area (Å²) in [5.41, 5.74) is -0.766. The molecule has 2 N–H and O–H groups in total. The molecule has 1 rings (SSSR count). The molecule has 4 nitrogen and oxygen atoms in total. The highest BCUT2D eigenvalue weighted by Gasteiger charge is 2.26. The van der Waals surface area contributed by atoms with Gasteiger partial charge in [0.2, 0.25) is 5.91 Å². The second-order valence-corrected chi connectivity index (χ2v) is 5.50. The van der Waals surface area contributed by atoms with E-state index in [9.17, 15) is 18.4 Å². The molecular formula is C15H19F2NO3. The van der Waals surface area contributed by atoms with E-state index in [0.717, 1.165) is 6.07 Å². The number of carbonyl (C=O) groups excluding carboxylic acids is 1. The summed E-state index contributed by atoms with van der Waals surface area (Å²) in [5, 5.41) is 11.5. The molecule has 0 aliphatic heterocycles. The Morgan fingerprint density at radius 3 is 2.57 bits per heavy atom. The SMILES string of the molecule is CC(C)(CCNC(=O)CCc1cccc(F)c1F)C(=O)O. The third-order valence-electron chi connectivity index (χ3n) is 3.30. The molecule has 0 aliphatic rings. The lowest BCUT2D eigenvalue weighted by Crippen LogP contribution is -2.32. The quantitative estimate of drug-likeness (QED) is 0.813. The minimum absolute atomic E-state index is 0.0217. The van der Waals surface area contributed by atoms with Crippen molar-refractivity contribution < 1.29 is 23.5 Å². The summed E-state index contributed by atoms with van der Waals surface area (Å²) in [6, 6.07) is 3.84. The number of rotatable bonds is 7. The molecule has 0 radical (unpaired) electrons. The monoisotopic (exact) mass is 299 g/mol. The fourth-order valence-corrected chi connectivity index (χ4v) is 1.70. The van der Waals surface area contributed by atoms with Crippen LogP contribution in [0, 0.1) is 17.0 Å². The summed E-state index contributed by atoms with van der Waals surface area (Å²) in [7, 11) is 0. The maximum Gasteiger partial charge on any atom is 0.309 e. The summed E-state index contributed by atoms with van der Waals surface area (Å²) in [6.07, 6.45) is 0.411. The summed E-state index contributed by atoms with van der Waals surface area (Å²) in [6.45, 7) is 3.37. The molecule has 1 aromatic rings. The van der Waals surface area contributed by atoms with Crippen LogP contribution in [0.5, 0.6) is 0 Å². The topological polar surface area (TPSA) is 66.4 Å². The fourth-order valence-electron chi connectivity index (χ4n) is 1.70. The lowest BCUT2D eigenvalue weighted by atomic mass is 9.90. The summed E-state index contributed by atoms with van der Waals surface area (Å²) >= 11 is 0. The maximum absolute atomic E-state index is 13.4. The molecule has 116 valence electrons. The number of benzene rings is 1. The number of aliphatic carboxylic acids is 1. The van der Waals surface area contributed by atoms with Gasteiger partial charge in [-0.25, -0.2) is 8.78 Å². The molecule has 0 fully saturated rings. The minimum Gasteiger partial charge on any atom is -0.481 e. The van der Waals surface area contributed by atoms with Crippen molar-refractivity contribution in [1.82, 2.24) is 5.32 Å². The van der Waals surface area contributed by atoms with Gasteiger partial charge in [-0.05, 0) is 38.3 Å². The highest BCUT2D eigenvalue weighted by molar-refractivity contribution is 5.76. The number of nitrogens with one attached hydrogen (secondary N) is 1. The van der Waals surface area contributed by atoms with Crippen LogP contribution < -0.4 is 5.32 Å². The average Bonchev–Trinajstić information content (AvgIpc) is 2.40. The third kappa shape index (κ3) is 5.13. The normalized spacial score (nSPS) is 11.2. The number of carbonyl (C=O) groups is 2. The van der Waals surface area contributed by atoms with Crippen LogP contribution in [-0.4, -0.2) is 23.5 Å². The van der Waals surface area contributed by atoms with Crippen LogP contribution >= 0.6 is 0 Å². The van der Waals surface area contributed by atoms with Gasteiger partial charge in [-0.2, -0.15) is 0 Å². The Kier molecular flexibility index (Phi) is 5.81. The number of carboxylic acids is 1. The molecule has 0 unspecified atom stereocenters. The second kappa shape index (κ2) is 7.15. The second-order valence-electron chi connectivity index (χ2n) is 5.50. The van der Waals surface area contributed by atoms with Crippen molar-refractivity contribution in [2.45, 2.75) is 33.1 Å². The lowest BCUT2D eigenvalue weighted by Gasteiger charge is -2.18. The molecule has 0 aromatic heterocycles. The van der Waals surface area contributed by atoms with Crippen LogP contribution in [-0.2, 0) is 16.0 Å². The molecule has 0 saturated heterocycles. The van der Waals surface area contributed by atoms with Gasteiger partial charge in [-0.3, -0.25) is 9.59 Å². The molecule has 0 aliphatic carbocycles. The molecule has 0 saturated carbocycles. The number of hydrogen-bond acceptors (Lipinski definition) is 2. The molecule has 0 atom stereocenters. The highest BCUT2D eigenvalue weighted by Crippen LogP contribution is 2.19. The predicted octanol–water partition coefficient (Wildman–Crippen LogP) is 2.51. The van der Waals surface area contributed by atoms with Gasteiger partial charge in [0, 0.05) is 13.0 Å². The third-order valence-corrected chi connectivity index (χ3v) is 3.30. The fraction of sp³-hybridized carbons (Fsp3) is 0.467. The standard InChI is InChI=1S/C15H19F2NO3/c1-15(2,14(20)21)8-9-18-12(19)7-6-10-4-3-5-11(16)13(10)17/h3-5H,6-9H2,1-2H3,(H,18,19)(H,20,21). The van der Waals surface area contributed by atoms with Crippen LogP contribution in [0.3, 0.4) is 0 Å². The molecule has 0 bridgehead atoms. The van der Waals surface area contributed by atoms with Gasteiger partial charge in [0.05, 0.1) is 5.41 Å². The van der Waals surface area contributed by atoms with Crippen molar-refractivity contribution in [1.29, 1.82) is 0 Å². The van der Waals surface area contributed by atoms with E-state index >= 15 is 0 Å². The van der Waals surface area contributed by atoms with E-state index in [4.69, 9.17) is 5.11 Å². The Bertz CT molecular complexity index is 530. The van der Waals surface area contributed by atoms with Gasteiger partial charge in [0.1, 0.15) is 0 Å². The van der Waals surface area contributed by atoms with Gasteiger partial charge in [-0.1, -0.05) is 12.1 Å². The summed E-state index contributed by atoms with van der Waals surface area (Å²) < 4.78 is 26.4. The number of aryl methyl sites for hydroxylation is 1. The van der Waals surface area contributed by atoms with Gasteiger partial charge >= 0.3 is 5.97 Å².